The highest BCUT2D eigenvalue weighted by atomic mass is 79.9. The van der Waals surface area contributed by atoms with E-state index in [1.54, 1.807) is 11.8 Å². The zero-order chi connectivity index (χ0) is 14.6. The van der Waals surface area contributed by atoms with Gasteiger partial charge in [-0.2, -0.15) is 5.10 Å². The largest absolute Gasteiger partial charge is 0.459 e. The number of carbonyl (C=O) groups excluding carboxylic acids is 1. The van der Waals surface area contributed by atoms with Crippen molar-refractivity contribution in [2.45, 2.75) is 45.5 Å². The van der Waals surface area contributed by atoms with E-state index in [4.69, 9.17) is 4.74 Å². The molecule has 108 valence electrons. The summed E-state index contributed by atoms with van der Waals surface area (Å²) >= 11 is 5.11. The molecule has 0 bridgehead atoms. The van der Waals surface area contributed by atoms with Crippen LogP contribution in [0.1, 0.15) is 39.1 Å². The number of ether oxygens (including phenoxy) is 1. The zero-order valence-corrected chi connectivity index (χ0v) is 14.5. The van der Waals surface area contributed by atoms with Crippen molar-refractivity contribution in [1.29, 1.82) is 0 Å². The average molecular weight is 349 g/mol. The summed E-state index contributed by atoms with van der Waals surface area (Å²) in [4.78, 5) is 11.6. The molecule has 0 aliphatic heterocycles. The highest BCUT2D eigenvalue weighted by molar-refractivity contribution is 9.10. The van der Waals surface area contributed by atoms with Crippen LogP contribution in [0.5, 0.6) is 0 Å². The summed E-state index contributed by atoms with van der Waals surface area (Å²) in [6.45, 7) is 7.70. The first-order valence-electron chi connectivity index (χ1n) is 6.24. The molecule has 1 aromatic heterocycles. The number of halogens is 1. The summed E-state index contributed by atoms with van der Waals surface area (Å²) in [5, 5.41) is 4.43. The molecule has 0 fully saturated rings. The van der Waals surface area contributed by atoms with Gasteiger partial charge >= 0.3 is 5.97 Å². The first-order chi connectivity index (χ1) is 8.74. The van der Waals surface area contributed by atoms with Crippen LogP contribution in [-0.4, -0.2) is 27.1 Å². The van der Waals surface area contributed by atoms with Crippen molar-refractivity contribution in [3.05, 3.63) is 15.9 Å². The van der Waals surface area contributed by atoms with E-state index in [0.717, 1.165) is 28.0 Å². The lowest BCUT2D eigenvalue weighted by Crippen LogP contribution is -2.25. The van der Waals surface area contributed by atoms with Crippen molar-refractivity contribution in [2.75, 3.05) is 5.75 Å². The molecule has 6 heteroatoms. The second-order valence-electron chi connectivity index (χ2n) is 5.26. The Balaban J connectivity index is 2.50. The molecule has 1 rings (SSSR count). The van der Waals surface area contributed by atoms with E-state index < -0.39 is 5.60 Å². The normalized spacial score (nSPS) is 11.7. The van der Waals surface area contributed by atoms with Crippen molar-refractivity contribution in [3.63, 3.8) is 0 Å². The van der Waals surface area contributed by atoms with Gasteiger partial charge in [-0.05, 0) is 43.1 Å². The number of hydrogen-bond donors (Lipinski definition) is 0. The van der Waals surface area contributed by atoms with Gasteiger partial charge in [0.15, 0.2) is 0 Å². The van der Waals surface area contributed by atoms with Crippen LogP contribution in [0.15, 0.2) is 4.47 Å². The van der Waals surface area contributed by atoms with Crippen LogP contribution >= 0.6 is 27.7 Å². The molecule has 19 heavy (non-hydrogen) atoms. The summed E-state index contributed by atoms with van der Waals surface area (Å²) < 4.78 is 8.18. The molecular formula is C13H21BrN2O2S. The molecule has 0 N–H and O–H groups in total. The smallest absolute Gasteiger partial charge is 0.316 e. The van der Waals surface area contributed by atoms with E-state index in [-0.39, 0.29) is 5.97 Å². The van der Waals surface area contributed by atoms with Gasteiger partial charge in [0.1, 0.15) is 5.60 Å². The third-order valence-corrected chi connectivity index (χ3v) is 4.21. The van der Waals surface area contributed by atoms with Crippen LogP contribution in [0.2, 0.25) is 0 Å². The second-order valence-corrected chi connectivity index (χ2v) is 7.04. The molecule has 0 radical (unpaired) electrons. The maximum Gasteiger partial charge on any atom is 0.316 e. The first kappa shape index (κ1) is 16.6. The molecule has 0 aliphatic rings. The maximum absolute atomic E-state index is 11.6. The van der Waals surface area contributed by atoms with Gasteiger partial charge in [0.05, 0.1) is 21.6 Å². The zero-order valence-electron chi connectivity index (χ0n) is 12.1. The monoisotopic (exact) mass is 348 g/mol. The Morgan fingerprint density at radius 2 is 2.11 bits per heavy atom. The number of esters is 1. The van der Waals surface area contributed by atoms with E-state index in [1.165, 1.54) is 0 Å². The number of carbonyl (C=O) groups is 1. The molecule has 0 atom stereocenters. The molecule has 1 heterocycles. The van der Waals surface area contributed by atoms with Crippen molar-refractivity contribution in [1.82, 2.24) is 9.78 Å². The van der Waals surface area contributed by atoms with Gasteiger partial charge in [-0.1, -0.05) is 6.92 Å². The third kappa shape index (κ3) is 5.18. The quantitative estimate of drug-likeness (QED) is 0.765. The lowest BCUT2D eigenvalue weighted by Gasteiger charge is -2.19. The molecule has 0 spiro atoms. The molecule has 0 saturated carbocycles. The molecule has 0 amide bonds. The number of aromatic nitrogens is 2. The summed E-state index contributed by atoms with van der Waals surface area (Å²) in [7, 11) is 1.92. The molecule has 0 saturated heterocycles. The molecule has 0 aromatic carbocycles. The SMILES string of the molecule is CCc1nn(C)c(CSCC(=O)OC(C)(C)C)c1Br. The van der Waals surface area contributed by atoms with Crippen LogP contribution in [0.25, 0.3) is 0 Å². The van der Waals surface area contributed by atoms with E-state index in [9.17, 15) is 4.79 Å². The lowest BCUT2D eigenvalue weighted by molar-refractivity contribution is -0.151. The summed E-state index contributed by atoms with van der Waals surface area (Å²) in [6.07, 6.45) is 0.894. The number of hydrogen-bond acceptors (Lipinski definition) is 4. The minimum absolute atomic E-state index is 0.175. The van der Waals surface area contributed by atoms with Crippen LogP contribution in [0.3, 0.4) is 0 Å². The maximum atomic E-state index is 11.6. The lowest BCUT2D eigenvalue weighted by atomic mass is 10.2. The summed E-state index contributed by atoms with van der Waals surface area (Å²) in [6, 6.07) is 0. The van der Waals surface area contributed by atoms with Crippen molar-refractivity contribution >= 4 is 33.7 Å². The van der Waals surface area contributed by atoms with Crippen molar-refractivity contribution < 1.29 is 9.53 Å². The van der Waals surface area contributed by atoms with Crippen molar-refractivity contribution in [2.24, 2.45) is 7.05 Å². The van der Waals surface area contributed by atoms with E-state index in [2.05, 4.69) is 28.0 Å². The fourth-order valence-electron chi connectivity index (χ4n) is 1.58. The van der Waals surface area contributed by atoms with Gasteiger partial charge in [0.2, 0.25) is 0 Å². The van der Waals surface area contributed by atoms with E-state index in [1.807, 2.05) is 32.5 Å². The van der Waals surface area contributed by atoms with Gasteiger partial charge in [-0.3, -0.25) is 9.48 Å². The fraction of sp³-hybridized carbons (Fsp3) is 0.692. The predicted octanol–water partition coefficient (Wildman–Crippen LogP) is 3.32. The molecule has 0 unspecified atom stereocenters. The molecular weight excluding hydrogens is 328 g/mol. The Labute approximate surface area is 127 Å². The minimum Gasteiger partial charge on any atom is -0.459 e. The van der Waals surface area contributed by atoms with Gasteiger partial charge in [0.25, 0.3) is 0 Å². The van der Waals surface area contributed by atoms with Crippen LogP contribution in [0.4, 0.5) is 0 Å². The summed E-state index contributed by atoms with van der Waals surface area (Å²) in [5.74, 6) is 0.922. The fourth-order valence-corrected chi connectivity index (χ4v) is 3.37. The number of aryl methyl sites for hydroxylation is 2. The standard InChI is InChI=1S/C13H21BrN2O2S/c1-6-9-12(14)10(16(5)15-9)7-19-8-11(17)18-13(2,3)4/h6-8H2,1-5H3. The van der Waals surface area contributed by atoms with Crippen LogP contribution in [0, 0.1) is 0 Å². The number of nitrogens with zero attached hydrogens (tertiary/aromatic N) is 2. The number of rotatable bonds is 5. The average Bonchev–Trinajstić information content (AvgIpc) is 2.53. The Bertz CT molecular complexity index is 452. The molecule has 0 aliphatic carbocycles. The second kappa shape index (κ2) is 6.79. The highest BCUT2D eigenvalue weighted by Crippen LogP contribution is 2.25. The number of thioether (sulfide) groups is 1. The Morgan fingerprint density at radius 1 is 1.47 bits per heavy atom. The topological polar surface area (TPSA) is 44.1 Å². The third-order valence-electron chi connectivity index (χ3n) is 2.38. The van der Waals surface area contributed by atoms with Gasteiger partial charge in [-0.25, -0.2) is 0 Å². The highest BCUT2D eigenvalue weighted by Gasteiger charge is 2.17. The van der Waals surface area contributed by atoms with Crippen LogP contribution < -0.4 is 0 Å². The summed E-state index contributed by atoms with van der Waals surface area (Å²) in [5.41, 5.74) is 1.74. The van der Waals surface area contributed by atoms with Crippen LogP contribution in [-0.2, 0) is 28.8 Å². The van der Waals surface area contributed by atoms with Gasteiger partial charge in [0, 0.05) is 12.8 Å². The minimum atomic E-state index is -0.417. The molecule has 4 nitrogen and oxygen atoms in total. The van der Waals surface area contributed by atoms with E-state index in [0.29, 0.717) is 5.75 Å². The van der Waals surface area contributed by atoms with Gasteiger partial charge in [-0.15, -0.1) is 11.8 Å². The van der Waals surface area contributed by atoms with Crippen molar-refractivity contribution in [3.8, 4) is 0 Å². The Hall–Kier alpha value is -0.490. The first-order valence-corrected chi connectivity index (χ1v) is 8.19. The Morgan fingerprint density at radius 3 is 2.58 bits per heavy atom. The van der Waals surface area contributed by atoms with Gasteiger partial charge < -0.3 is 4.74 Å². The Kier molecular flexibility index (Phi) is 5.92. The molecule has 1 aromatic rings. The predicted molar refractivity (Wildman–Crippen MR) is 82.3 cm³/mol. The van der Waals surface area contributed by atoms with E-state index >= 15 is 0 Å².